The molecule has 0 radical (unpaired) electrons. The molecule has 0 unspecified atom stereocenters. The standard InChI is InChI=1S/C22H30N4O3/c1-14-11-19-20(15(2)29-14)24-25-21(19)22(28)23-12-16-3-5-17(6-4-16)13-26-9-7-18(27)8-10-26/h3-6,14-15,18,27H,7-13H2,1-2H3,(H,23,28)(H,24,25)/t14-,15+/m1/s1. The Morgan fingerprint density at radius 1 is 1.24 bits per heavy atom. The van der Waals surface area contributed by atoms with Gasteiger partial charge in [0.05, 0.1) is 24.0 Å². The van der Waals surface area contributed by atoms with Crippen LogP contribution in [-0.4, -0.2) is 51.4 Å². The molecule has 1 amide bonds. The van der Waals surface area contributed by atoms with Crippen molar-refractivity contribution in [2.24, 2.45) is 0 Å². The van der Waals surface area contributed by atoms with E-state index in [0.29, 0.717) is 18.7 Å². The van der Waals surface area contributed by atoms with E-state index in [9.17, 15) is 9.90 Å². The van der Waals surface area contributed by atoms with E-state index < -0.39 is 0 Å². The fourth-order valence-corrected chi connectivity index (χ4v) is 4.23. The second-order valence-electron chi connectivity index (χ2n) is 8.26. The molecule has 2 aliphatic heterocycles. The number of nitrogens with one attached hydrogen (secondary N) is 2. The van der Waals surface area contributed by atoms with Crippen LogP contribution in [0.1, 0.15) is 65.7 Å². The van der Waals surface area contributed by atoms with Gasteiger partial charge in [-0.2, -0.15) is 5.10 Å². The van der Waals surface area contributed by atoms with Crippen LogP contribution in [0.3, 0.4) is 0 Å². The maximum atomic E-state index is 12.7. The highest BCUT2D eigenvalue weighted by Gasteiger charge is 2.29. The molecule has 1 aromatic carbocycles. The third-order valence-electron chi connectivity index (χ3n) is 5.89. The smallest absolute Gasteiger partial charge is 0.272 e. The maximum absolute atomic E-state index is 12.7. The van der Waals surface area contributed by atoms with Crippen molar-refractivity contribution in [3.8, 4) is 0 Å². The van der Waals surface area contributed by atoms with Crippen molar-refractivity contribution in [2.45, 2.75) is 64.5 Å². The lowest BCUT2D eigenvalue weighted by molar-refractivity contribution is -0.00697. The highest BCUT2D eigenvalue weighted by atomic mass is 16.5. The molecule has 156 valence electrons. The second kappa shape index (κ2) is 8.65. The van der Waals surface area contributed by atoms with Gasteiger partial charge in [-0.15, -0.1) is 0 Å². The number of nitrogens with zero attached hydrogens (tertiary/aromatic N) is 2. The zero-order valence-electron chi connectivity index (χ0n) is 17.1. The zero-order valence-corrected chi connectivity index (χ0v) is 17.1. The summed E-state index contributed by atoms with van der Waals surface area (Å²) in [5.74, 6) is -0.153. The summed E-state index contributed by atoms with van der Waals surface area (Å²) in [6.07, 6.45) is 2.27. The molecule has 1 saturated heterocycles. The van der Waals surface area contributed by atoms with Gasteiger partial charge in [0.25, 0.3) is 5.91 Å². The fraction of sp³-hybridized carbons (Fsp3) is 0.545. The van der Waals surface area contributed by atoms with Gasteiger partial charge in [0, 0.05) is 38.2 Å². The average molecular weight is 399 g/mol. The van der Waals surface area contributed by atoms with E-state index in [1.807, 2.05) is 13.8 Å². The van der Waals surface area contributed by atoms with Crippen molar-refractivity contribution in [1.29, 1.82) is 0 Å². The van der Waals surface area contributed by atoms with Gasteiger partial charge < -0.3 is 15.2 Å². The maximum Gasteiger partial charge on any atom is 0.272 e. The molecular formula is C22H30N4O3. The number of carbonyl (C=O) groups is 1. The summed E-state index contributed by atoms with van der Waals surface area (Å²) in [6, 6.07) is 8.35. The number of likely N-dealkylation sites (tertiary alicyclic amines) is 1. The number of aromatic amines is 1. The van der Waals surface area contributed by atoms with Gasteiger partial charge in [0.2, 0.25) is 0 Å². The van der Waals surface area contributed by atoms with Crippen molar-refractivity contribution in [3.63, 3.8) is 0 Å². The van der Waals surface area contributed by atoms with E-state index in [1.165, 1.54) is 5.56 Å². The molecule has 3 N–H and O–H groups in total. The molecule has 0 saturated carbocycles. The summed E-state index contributed by atoms with van der Waals surface area (Å²) in [6.45, 7) is 7.24. The number of fused-ring (bicyclic) bond motifs is 1. The Kier molecular flexibility index (Phi) is 5.99. The molecule has 29 heavy (non-hydrogen) atoms. The lowest BCUT2D eigenvalue weighted by atomic mass is 9.99. The molecule has 2 aromatic rings. The number of H-pyrrole nitrogens is 1. The molecule has 1 fully saturated rings. The number of aliphatic hydroxyl groups excluding tert-OH is 1. The second-order valence-corrected chi connectivity index (χ2v) is 8.26. The van der Waals surface area contributed by atoms with E-state index in [0.717, 1.165) is 49.3 Å². The minimum absolute atomic E-state index is 0.0708. The molecule has 0 aliphatic carbocycles. The number of hydrogen-bond acceptors (Lipinski definition) is 5. The van der Waals surface area contributed by atoms with Gasteiger partial charge in [0.15, 0.2) is 5.69 Å². The molecule has 0 spiro atoms. The van der Waals surface area contributed by atoms with Gasteiger partial charge in [-0.1, -0.05) is 24.3 Å². The van der Waals surface area contributed by atoms with Crippen molar-refractivity contribution in [3.05, 3.63) is 52.3 Å². The third kappa shape index (κ3) is 4.69. The predicted octanol–water partition coefficient (Wildman–Crippen LogP) is 2.32. The van der Waals surface area contributed by atoms with Crippen LogP contribution >= 0.6 is 0 Å². The molecule has 4 rings (SSSR count). The van der Waals surface area contributed by atoms with Gasteiger partial charge in [-0.25, -0.2) is 0 Å². The molecule has 7 nitrogen and oxygen atoms in total. The van der Waals surface area contributed by atoms with E-state index in [1.54, 1.807) is 0 Å². The monoisotopic (exact) mass is 398 g/mol. The number of benzene rings is 1. The van der Waals surface area contributed by atoms with Crippen molar-refractivity contribution in [1.82, 2.24) is 20.4 Å². The Hall–Kier alpha value is -2.22. The van der Waals surface area contributed by atoms with E-state index >= 15 is 0 Å². The minimum Gasteiger partial charge on any atom is -0.393 e. The predicted molar refractivity (Wildman–Crippen MR) is 109 cm³/mol. The van der Waals surface area contributed by atoms with Crippen LogP contribution in [0, 0.1) is 0 Å². The van der Waals surface area contributed by atoms with Crippen molar-refractivity contribution < 1.29 is 14.6 Å². The zero-order chi connectivity index (χ0) is 20.4. The molecule has 1 aromatic heterocycles. The number of aliphatic hydroxyl groups is 1. The highest BCUT2D eigenvalue weighted by molar-refractivity contribution is 5.94. The Bertz CT molecular complexity index is 840. The largest absolute Gasteiger partial charge is 0.393 e. The fourth-order valence-electron chi connectivity index (χ4n) is 4.23. The summed E-state index contributed by atoms with van der Waals surface area (Å²) in [5.41, 5.74) is 4.66. The van der Waals surface area contributed by atoms with Crippen LogP contribution in [0.15, 0.2) is 24.3 Å². The van der Waals surface area contributed by atoms with Crippen LogP contribution in [0.2, 0.25) is 0 Å². The molecule has 7 heteroatoms. The highest BCUT2D eigenvalue weighted by Crippen LogP contribution is 2.30. The Balaban J connectivity index is 1.32. The van der Waals surface area contributed by atoms with Crippen LogP contribution in [0.5, 0.6) is 0 Å². The van der Waals surface area contributed by atoms with Crippen LogP contribution in [0.4, 0.5) is 0 Å². The van der Waals surface area contributed by atoms with Crippen LogP contribution in [0.25, 0.3) is 0 Å². The number of hydrogen-bond donors (Lipinski definition) is 3. The summed E-state index contributed by atoms with van der Waals surface area (Å²) in [5, 5.41) is 19.8. The van der Waals surface area contributed by atoms with E-state index in [-0.39, 0.29) is 24.2 Å². The SMILES string of the molecule is C[C@@H]1Cc2c(C(=O)NCc3ccc(CN4CCC(O)CC4)cc3)n[nH]c2[C@H](C)O1. The number of ether oxygens (including phenoxy) is 1. The summed E-state index contributed by atoms with van der Waals surface area (Å²) < 4.78 is 5.79. The topological polar surface area (TPSA) is 90.5 Å². The van der Waals surface area contributed by atoms with Crippen molar-refractivity contribution in [2.75, 3.05) is 13.1 Å². The Labute approximate surface area is 171 Å². The molecule has 2 aliphatic rings. The first-order valence-electron chi connectivity index (χ1n) is 10.5. The van der Waals surface area contributed by atoms with Crippen LogP contribution in [-0.2, 0) is 24.2 Å². The third-order valence-corrected chi connectivity index (χ3v) is 5.89. The first kappa shape index (κ1) is 20.1. The Morgan fingerprint density at radius 2 is 1.93 bits per heavy atom. The molecule has 0 bridgehead atoms. The Morgan fingerprint density at radius 3 is 2.66 bits per heavy atom. The number of amides is 1. The summed E-state index contributed by atoms with van der Waals surface area (Å²) in [4.78, 5) is 15.0. The minimum atomic E-state index is -0.153. The lowest BCUT2D eigenvalue weighted by Crippen LogP contribution is -2.35. The molecular weight excluding hydrogens is 368 g/mol. The number of rotatable bonds is 5. The first-order valence-corrected chi connectivity index (χ1v) is 10.5. The summed E-state index contributed by atoms with van der Waals surface area (Å²) >= 11 is 0. The normalized spacial score (nSPS) is 23.0. The molecule has 3 heterocycles. The van der Waals surface area contributed by atoms with Gasteiger partial charge in [0.1, 0.15) is 0 Å². The van der Waals surface area contributed by atoms with Crippen molar-refractivity contribution >= 4 is 5.91 Å². The number of aromatic nitrogens is 2. The van der Waals surface area contributed by atoms with Gasteiger partial charge in [-0.05, 0) is 37.8 Å². The van der Waals surface area contributed by atoms with Gasteiger partial charge >= 0.3 is 0 Å². The summed E-state index contributed by atoms with van der Waals surface area (Å²) in [7, 11) is 0. The van der Waals surface area contributed by atoms with E-state index in [2.05, 4.69) is 44.7 Å². The van der Waals surface area contributed by atoms with Crippen LogP contribution < -0.4 is 5.32 Å². The average Bonchev–Trinajstić information content (AvgIpc) is 3.13. The van der Waals surface area contributed by atoms with Gasteiger partial charge in [-0.3, -0.25) is 14.8 Å². The lowest BCUT2D eigenvalue weighted by Gasteiger charge is -2.29. The quantitative estimate of drug-likeness (QED) is 0.719. The van der Waals surface area contributed by atoms with E-state index in [4.69, 9.17) is 4.74 Å². The number of carbonyl (C=O) groups excluding carboxylic acids is 1. The molecule has 2 atom stereocenters. The first-order chi connectivity index (χ1) is 14.0. The number of piperidine rings is 1.